The van der Waals surface area contributed by atoms with Gasteiger partial charge in [-0.25, -0.2) is 14.1 Å². The summed E-state index contributed by atoms with van der Waals surface area (Å²) in [6.45, 7) is 5.93. The maximum Gasteiger partial charge on any atom is 0.256 e. The summed E-state index contributed by atoms with van der Waals surface area (Å²) in [5, 5.41) is 8.32. The number of halogens is 1. The molecule has 5 aromatic rings. The highest BCUT2D eigenvalue weighted by atomic mass is 19.1. The molecule has 0 radical (unpaired) electrons. The van der Waals surface area contributed by atoms with Gasteiger partial charge in [0, 0.05) is 16.6 Å². The standard InChI is InChI=1S/C28H23FN4O/c1-17-8-13-25(18(2)14-17)32-28(34)23-15-27(31-26-7-5-4-6-22(23)26)24-16-30-33(19(24)3)21-11-9-20(29)10-12-21/h4-16H,1-3H3,(H,32,34). The summed E-state index contributed by atoms with van der Waals surface area (Å²) in [4.78, 5) is 18.2. The van der Waals surface area contributed by atoms with Gasteiger partial charge in [-0.15, -0.1) is 0 Å². The lowest BCUT2D eigenvalue weighted by atomic mass is 10.0. The molecule has 0 aliphatic rings. The molecule has 0 saturated heterocycles. The first-order valence-corrected chi connectivity index (χ1v) is 11.0. The van der Waals surface area contributed by atoms with Gasteiger partial charge < -0.3 is 5.32 Å². The van der Waals surface area contributed by atoms with Crippen LogP contribution in [-0.4, -0.2) is 20.7 Å². The van der Waals surface area contributed by atoms with Gasteiger partial charge in [-0.3, -0.25) is 4.79 Å². The first-order chi connectivity index (χ1) is 16.4. The average molecular weight is 451 g/mol. The Labute approximate surface area is 196 Å². The minimum absolute atomic E-state index is 0.199. The van der Waals surface area contributed by atoms with E-state index in [1.807, 2.05) is 63.2 Å². The number of anilines is 1. The number of aromatic nitrogens is 3. The molecular weight excluding hydrogens is 427 g/mol. The number of aryl methyl sites for hydroxylation is 2. The van der Waals surface area contributed by atoms with E-state index in [1.165, 1.54) is 12.1 Å². The van der Waals surface area contributed by atoms with Crippen molar-refractivity contribution in [2.45, 2.75) is 20.8 Å². The zero-order valence-corrected chi connectivity index (χ0v) is 19.1. The Morgan fingerprint density at radius 1 is 0.941 bits per heavy atom. The molecule has 0 fully saturated rings. The molecule has 0 aliphatic heterocycles. The molecule has 2 aromatic heterocycles. The number of nitrogens with one attached hydrogen (secondary N) is 1. The Morgan fingerprint density at radius 2 is 1.71 bits per heavy atom. The van der Waals surface area contributed by atoms with Crippen LogP contribution >= 0.6 is 0 Å². The van der Waals surface area contributed by atoms with Crippen molar-refractivity contribution < 1.29 is 9.18 Å². The van der Waals surface area contributed by atoms with Gasteiger partial charge in [0.25, 0.3) is 5.91 Å². The van der Waals surface area contributed by atoms with Gasteiger partial charge in [0.2, 0.25) is 0 Å². The number of nitrogens with zero attached hydrogens (tertiary/aromatic N) is 3. The SMILES string of the molecule is Cc1ccc(NC(=O)c2cc(-c3cnn(-c4ccc(F)cc4)c3C)nc3ccccc23)c(C)c1. The highest BCUT2D eigenvalue weighted by Gasteiger charge is 2.18. The number of hydrogen-bond acceptors (Lipinski definition) is 3. The lowest BCUT2D eigenvalue weighted by Crippen LogP contribution is -2.14. The summed E-state index contributed by atoms with van der Waals surface area (Å²) in [6, 6.07) is 21.5. The third-order valence-electron chi connectivity index (χ3n) is 5.95. The molecule has 0 unspecified atom stereocenters. The van der Waals surface area contributed by atoms with Crippen LogP contribution < -0.4 is 5.32 Å². The van der Waals surface area contributed by atoms with Gasteiger partial charge in [-0.2, -0.15) is 5.10 Å². The number of pyridine rings is 1. The molecule has 5 rings (SSSR count). The van der Waals surface area contributed by atoms with Gasteiger partial charge in [-0.05, 0) is 68.8 Å². The minimum Gasteiger partial charge on any atom is -0.322 e. The van der Waals surface area contributed by atoms with Crippen molar-refractivity contribution in [1.82, 2.24) is 14.8 Å². The Morgan fingerprint density at radius 3 is 2.47 bits per heavy atom. The highest BCUT2D eigenvalue weighted by Crippen LogP contribution is 2.29. The quantitative estimate of drug-likeness (QED) is 0.344. The van der Waals surface area contributed by atoms with Gasteiger partial charge in [-0.1, -0.05) is 35.9 Å². The summed E-state index contributed by atoms with van der Waals surface area (Å²) in [5.74, 6) is -0.500. The smallest absolute Gasteiger partial charge is 0.256 e. The van der Waals surface area contributed by atoms with Crippen LogP contribution in [0, 0.1) is 26.6 Å². The fourth-order valence-electron chi connectivity index (χ4n) is 4.15. The average Bonchev–Trinajstić information content (AvgIpc) is 3.21. The second-order valence-electron chi connectivity index (χ2n) is 8.38. The van der Waals surface area contributed by atoms with Crippen LogP contribution in [0.4, 0.5) is 10.1 Å². The molecule has 0 aliphatic carbocycles. The molecule has 6 heteroatoms. The molecule has 5 nitrogen and oxygen atoms in total. The van der Waals surface area contributed by atoms with Crippen LogP contribution in [0.2, 0.25) is 0 Å². The van der Waals surface area contributed by atoms with Crippen LogP contribution in [0.1, 0.15) is 27.2 Å². The molecule has 34 heavy (non-hydrogen) atoms. The van der Waals surface area contributed by atoms with E-state index in [2.05, 4.69) is 10.4 Å². The number of carbonyl (C=O) groups excluding carboxylic acids is 1. The minimum atomic E-state index is -0.301. The predicted molar refractivity (Wildman–Crippen MR) is 133 cm³/mol. The van der Waals surface area contributed by atoms with Crippen molar-refractivity contribution in [1.29, 1.82) is 0 Å². The van der Waals surface area contributed by atoms with Crippen molar-refractivity contribution in [3.63, 3.8) is 0 Å². The van der Waals surface area contributed by atoms with Gasteiger partial charge in [0.15, 0.2) is 0 Å². The summed E-state index contributed by atoms with van der Waals surface area (Å²) in [6.07, 6.45) is 1.72. The topological polar surface area (TPSA) is 59.8 Å². The third kappa shape index (κ3) is 3.94. The van der Waals surface area contributed by atoms with Crippen molar-refractivity contribution in [2.75, 3.05) is 5.32 Å². The Bertz CT molecular complexity index is 1540. The van der Waals surface area contributed by atoms with Crippen molar-refractivity contribution in [2.24, 2.45) is 0 Å². The zero-order valence-electron chi connectivity index (χ0n) is 19.1. The largest absolute Gasteiger partial charge is 0.322 e. The summed E-state index contributed by atoms with van der Waals surface area (Å²) < 4.78 is 15.1. The number of fused-ring (bicyclic) bond motifs is 1. The van der Waals surface area contributed by atoms with E-state index in [1.54, 1.807) is 29.1 Å². The van der Waals surface area contributed by atoms with Gasteiger partial charge in [0.1, 0.15) is 5.82 Å². The fourth-order valence-corrected chi connectivity index (χ4v) is 4.15. The number of carbonyl (C=O) groups is 1. The predicted octanol–water partition coefficient (Wildman–Crippen LogP) is 6.40. The molecular formula is C28H23FN4O. The first kappa shape index (κ1) is 21.5. The van der Waals surface area contributed by atoms with E-state index >= 15 is 0 Å². The number of hydrogen-bond donors (Lipinski definition) is 1. The highest BCUT2D eigenvalue weighted by molar-refractivity contribution is 6.13. The number of amides is 1. The molecule has 3 aromatic carbocycles. The molecule has 0 spiro atoms. The van der Waals surface area contributed by atoms with Crippen LogP contribution in [-0.2, 0) is 0 Å². The molecule has 1 N–H and O–H groups in total. The van der Waals surface area contributed by atoms with Crippen molar-refractivity contribution in [3.8, 4) is 16.9 Å². The Balaban J connectivity index is 1.59. The normalized spacial score (nSPS) is 11.1. The van der Waals surface area contributed by atoms with Crippen LogP contribution in [0.3, 0.4) is 0 Å². The third-order valence-corrected chi connectivity index (χ3v) is 5.95. The van der Waals surface area contributed by atoms with E-state index in [-0.39, 0.29) is 11.7 Å². The maximum atomic E-state index is 13.4. The fraction of sp³-hybridized carbons (Fsp3) is 0.107. The maximum absolute atomic E-state index is 13.4. The van der Waals surface area contributed by atoms with E-state index in [0.717, 1.165) is 44.7 Å². The molecule has 0 saturated carbocycles. The van der Waals surface area contributed by atoms with E-state index < -0.39 is 0 Å². The summed E-state index contributed by atoms with van der Waals surface area (Å²) in [5.41, 5.74) is 7.22. The molecule has 1 amide bonds. The summed E-state index contributed by atoms with van der Waals surface area (Å²) in [7, 11) is 0. The second-order valence-corrected chi connectivity index (χ2v) is 8.38. The van der Waals surface area contributed by atoms with E-state index in [9.17, 15) is 9.18 Å². The Kier molecular flexibility index (Phi) is 5.42. The molecule has 0 bridgehead atoms. The van der Waals surface area contributed by atoms with Crippen LogP contribution in [0.15, 0.2) is 79.0 Å². The molecule has 2 heterocycles. The molecule has 0 atom stereocenters. The Hall–Kier alpha value is -4.32. The van der Waals surface area contributed by atoms with Crippen LogP contribution in [0.5, 0.6) is 0 Å². The number of para-hydroxylation sites is 1. The lowest BCUT2D eigenvalue weighted by Gasteiger charge is -2.12. The van der Waals surface area contributed by atoms with Gasteiger partial charge >= 0.3 is 0 Å². The summed E-state index contributed by atoms with van der Waals surface area (Å²) >= 11 is 0. The first-order valence-electron chi connectivity index (χ1n) is 11.0. The van der Waals surface area contributed by atoms with Gasteiger partial charge in [0.05, 0.1) is 34.4 Å². The zero-order chi connectivity index (χ0) is 23.8. The van der Waals surface area contributed by atoms with E-state index in [0.29, 0.717) is 11.3 Å². The van der Waals surface area contributed by atoms with Crippen molar-refractivity contribution >= 4 is 22.5 Å². The number of benzene rings is 3. The number of rotatable bonds is 4. The molecule has 168 valence electrons. The monoisotopic (exact) mass is 450 g/mol. The van der Waals surface area contributed by atoms with Crippen LogP contribution in [0.25, 0.3) is 27.8 Å². The second kappa shape index (κ2) is 8.56. The van der Waals surface area contributed by atoms with E-state index in [4.69, 9.17) is 4.98 Å². The van der Waals surface area contributed by atoms with Crippen molar-refractivity contribution in [3.05, 3.63) is 107 Å². The lowest BCUT2D eigenvalue weighted by molar-refractivity contribution is 0.102.